The van der Waals surface area contributed by atoms with E-state index in [0.717, 1.165) is 11.1 Å². The molecule has 4 aromatic carbocycles. The highest BCUT2D eigenvalue weighted by atomic mass is 16.5. The fourth-order valence-electron chi connectivity index (χ4n) is 3.78. The van der Waals surface area contributed by atoms with Gasteiger partial charge in [-0.2, -0.15) is 0 Å². The van der Waals surface area contributed by atoms with Gasteiger partial charge in [-0.3, -0.25) is 9.59 Å². The van der Waals surface area contributed by atoms with Gasteiger partial charge < -0.3 is 20.1 Å². The molecule has 0 radical (unpaired) electrons. The van der Waals surface area contributed by atoms with Crippen LogP contribution in [0.15, 0.2) is 97.1 Å². The van der Waals surface area contributed by atoms with Crippen LogP contribution in [0.3, 0.4) is 0 Å². The zero-order valence-corrected chi connectivity index (χ0v) is 20.3. The van der Waals surface area contributed by atoms with E-state index in [2.05, 4.69) is 10.6 Å². The maximum atomic E-state index is 13.0. The molecule has 0 aromatic heterocycles. The van der Waals surface area contributed by atoms with Gasteiger partial charge in [-0.1, -0.05) is 36.4 Å². The van der Waals surface area contributed by atoms with E-state index < -0.39 is 0 Å². The van der Waals surface area contributed by atoms with Crippen molar-refractivity contribution in [2.45, 2.75) is 13.8 Å². The molecular weight excluding hydrogens is 452 g/mol. The molecular formula is C30H28N2O4. The lowest BCUT2D eigenvalue weighted by Gasteiger charge is -2.16. The summed E-state index contributed by atoms with van der Waals surface area (Å²) in [5, 5.41) is 6.00. The van der Waals surface area contributed by atoms with Crippen molar-refractivity contribution in [2.75, 3.05) is 23.8 Å². The first-order valence-corrected chi connectivity index (χ1v) is 11.9. The van der Waals surface area contributed by atoms with Gasteiger partial charge in [0.1, 0.15) is 11.5 Å². The molecule has 0 fully saturated rings. The average Bonchev–Trinajstić information content (AvgIpc) is 2.90. The van der Waals surface area contributed by atoms with Crippen molar-refractivity contribution < 1.29 is 19.1 Å². The Kier molecular flexibility index (Phi) is 7.98. The number of hydrogen-bond acceptors (Lipinski definition) is 4. The van der Waals surface area contributed by atoms with Crippen LogP contribution in [0.4, 0.5) is 11.4 Å². The zero-order valence-electron chi connectivity index (χ0n) is 20.3. The number of nitrogens with one attached hydrogen (secondary N) is 2. The second-order valence-corrected chi connectivity index (χ2v) is 7.91. The van der Waals surface area contributed by atoms with Crippen molar-refractivity contribution in [3.8, 4) is 22.6 Å². The van der Waals surface area contributed by atoms with Crippen LogP contribution >= 0.6 is 0 Å². The van der Waals surface area contributed by atoms with Crippen LogP contribution in [0.2, 0.25) is 0 Å². The van der Waals surface area contributed by atoms with Crippen LogP contribution in [-0.2, 0) is 0 Å². The van der Waals surface area contributed by atoms with E-state index in [0.29, 0.717) is 47.2 Å². The Balaban J connectivity index is 1.56. The summed E-state index contributed by atoms with van der Waals surface area (Å²) in [6.45, 7) is 4.95. The van der Waals surface area contributed by atoms with E-state index in [-0.39, 0.29) is 11.8 Å². The minimum absolute atomic E-state index is 0.235. The Morgan fingerprint density at radius 2 is 0.917 bits per heavy atom. The summed E-state index contributed by atoms with van der Waals surface area (Å²) in [5.74, 6) is 0.959. The first-order chi connectivity index (χ1) is 17.6. The van der Waals surface area contributed by atoms with E-state index in [1.165, 1.54) is 0 Å². The highest BCUT2D eigenvalue weighted by Gasteiger charge is 2.15. The normalized spacial score (nSPS) is 10.4. The molecule has 0 saturated carbocycles. The van der Waals surface area contributed by atoms with Crippen LogP contribution in [0.5, 0.6) is 11.5 Å². The number of hydrogen-bond donors (Lipinski definition) is 2. The van der Waals surface area contributed by atoms with E-state index in [1.54, 1.807) is 48.5 Å². The maximum absolute atomic E-state index is 13.0. The number of carbonyl (C=O) groups is 2. The average molecular weight is 481 g/mol. The Bertz CT molecular complexity index is 1230. The zero-order chi connectivity index (χ0) is 25.3. The number of rotatable bonds is 9. The summed E-state index contributed by atoms with van der Waals surface area (Å²) in [6, 6.07) is 29.0. The number of benzene rings is 4. The number of carbonyl (C=O) groups excluding carboxylic acids is 2. The number of anilines is 2. The molecule has 182 valence electrons. The van der Waals surface area contributed by atoms with Gasteiger partial charge in [-0.15, -0.1) is 0 Å². The fourth-order valence-corrected chi connectivity index (χ4v) is 3.78. The Morgan fingerprint density at radius 1 is 0.556 bits per heavy atom. The fraction of sp³-hybridized carbons (Fsp3) is 0.133. The van der Waals surface area contributed by atoms with Crippen LogP contribution < -0.4 is 20.1 Å². The van der Waals surface area contributed by atoms with Crippen LogP contribution in [0, 0.1) is 0 Å². The van der Waals surface area contributed by atoms with E-state index in [1.807, 2.05) is 62.4 Å². The third-order valence-corrected chi connectivity index (χ3v) is 5.50. The molecule has 6 heteroatoms. The van der Waals surface area contributed by atoms with Gasteiger partial charge in [0.15, 0.2) is 0 Å². The number of para-hydroxylation sites is 2. The van der Waals surface area contributed by atoms with Crippen molar-refractivity contribution >= 4 is 23.2 Å². The largest absolute Gasteiger partial charge is 0.494 e. The number of amides is 2. The minimum Gasteiger partial charge on any atom is -0.494 e. The summed E-state index contributed by atoms with van der Waals surface area (Å²) < 4.78 is 10.9. The molecule has 6 nitrogen and oxygen atoms in total. The SMILES string of the molecule is CCOc1ccc(C(=O)Nc2ccccc2-c2ccccc2NC(=O)c2ccc(OCC)cc2)cc1. The van der Waals surface area contributed by atoms with E-state index in [9.17, 15) is 9.59 Å². The summed E-state index contributed by atoms with van der Waals surface area (Å²) in [6.07, 6.45) is 0. The summed E-state index contributed by atoms with van der Waals surface area (Å²) in [5.41, 5.74) is 3.90. The van der Waals surface area contributed by atoms with E-state index in [4.69, 9.17) is 9.47 Å². The highest BCUT2D eigenvalue weighted by Crippen LogP contribution is 2.34. The molecule has 4 rings (SSSR count). The molecule has 0 aliphatic carbocycles. The van der Waals surface area contributed by atoms with Gasteiger partial charge in [0.05, 0.1) is 13.2 Å². The van der Waals surface area contributed by atoms with Crippen LogP contribution in [0.25, 0.3) is 11.1 Å². The molecule has 0 aliphatic heterocycles. The van der Waals surface area contributed by atoms with E-state index >= 15 is 0 Å². The van der Waals surface area contributed by atoms with Gasteiger partial charge in [0.2, 0.25) is 0 Å². The topological polar surface area (TPSA) is 76.7 Å². The predicted octanol–water partition coefficient (Wildman–Crippen LogP) is 6.66. The van der Waals surface area contributed by atoms with Crippen molar-refractivity contribution in [1.29, 1.82) is 0 Å². The third-order valence-electron chi connectivity index (χ3n) is 5.50. The number of ether oxygens (including phenoxy) is 2. The summed E-state index contributed by atoms with van der Waals surface area (Å²) in [7, 11) is 0. The van der Waals surface area contributed by atoms with Gasteiger partial charge in [0, 0.05) is 33.6 Å². The smallest absolute Gasteiger partial charge is 0.255 e. The van der Waals surface area contributed by atoms with Gasteiger partial charge in [-0.25, -0.2) is 0 Å². The second kappa shape index (κ2) is 11.7. The molecule has 0 aliphatic rings. The molecule has 0 bridgehead atoms. The highest BCUT2D eigenvalue weighted by molar-refractivity contribution is 6.09. The molecule has 0 spiro atoms. The molecule has 2 N–H and O–H groups in total. The quantitative estimate of drug-likeness (QED) is 0.281. The monoisotopic (exact) mass is 480 g/mol. The lowest BCUT2D eigenvalue weighted by molar-refractivity contribution is 0.101. The van der Waals surface area contributed by atoms with Gasteiger partial charge >= 0.3 is 0 Å². The molecule has 36 heavy (non-hydrogen) atoms. The Labute approximate surface area is 210 Å². The molecule has 0 saturated heterocycles. The molecule has 4 aromatic rings. The first kappa shape index (κ1) is 24.5. The predicted molar refractivity (Wildman–Crippen MR) is 143 cm³/mol. The Hall–Kier alpha value is -4.58. The summed E-state index contributed by atoms with van der Waals surface area (Å²) in [4.78, 5) is 25.9. The van der Waals surface area contributed by atoms with Crippen molar-refractivity contribution in [3.63, 3.8) is 0 Å². The Morgan fingerprint density at radius 3 is 1.28 bits per heavy atom. The summed E-state index contributed by atoms with van der Waals surface area (Å²) >= 11 is 0. The molecule has 2 amide bonds. The maximum Gasteiger partial charge on any atom is 0.255 e. The third kappa shape index (κ3) is 5.91. The lowest BCUT2D eigenvalue weighted by Crippen LogP contribution is -2.14. The standard InChI is InChI=1S/C30H28N2O4/c1-3-35-23-17-13-21(14-18-23)29(33)31-27-11-7-5-9-25(27)26-10-6-8-12-28(26)32-30(34)22-15-19-24(20-16-22)36-4-2/h5-20H,3-4H2,1-2H3,(H,31,33)(H,32,34). The molecule has 0 atom stereocenters. The van der Waals surface area contributed by atoms with Gasteiger partial charge in [0.25, 0.3) is 11.8 Å². The van der Waals surface area contributed by atoms with Crippen molar-refractivity contribution in [1.82, 2.24) is 0 Å². The lowest BCUT2D eigenvalue weighted by atomic mass is 10.0. The molecule has 0 unspecified atom stereocenters. The minimum atomic E-state index is -0.235. The van der Waals surface area contributed by atoms with Crippen molar-refractivity contribution in [2.24, 2.45) is 0 Å². The van der Waals surface area contributed by atoms with Crippen LogP contribution in [0.1, 0.15) is 34.6 Å². The second-order valence-electron chi connectivity index (χ2n) is 7.91. The van der Waals surface area contributed by atoms with Gasteiger partial charge in [-0.05, 0) is 74.5 Å². The molecule has 0 heterocycles. The van der Waals surface area contributed by atoms with Crippen LogP contribution in [-0.4, -0.2) is 25.0 Å². The van der Waals surface area contributed by atoms with Crippen molar-refractivity contribution in [3.05, 3.63) is 108 Å². The first-order valence-electron chi connectivity index (χ1n) is 11.9.